The number of H-pyrrole nitrogens is 1. The molecule has 0 unspecified atom stereocenters. The summed E-state index contributed by atoms with van der Waals surface area (Å²) in [6.07, 6.45) is 2.57. The monoisotopic (exact) mass is 323 g/mol. The minimum Gasteiger partial charge on any atom is -0.450 e. The Morgan fingerprint density at radius 2 is 1.83 bits per heavy atom. The van der Waals surface area contributed by atoms with E-state index in [4.69, 9.17) is 4.74 Å². The highest BCUT2D eigenvalue weighted by Gasteiger charge is 2.03. The van der Waals surface area contributed by atoms with E-state index in [0.717, 1.165) is 24.3 Å². The Labute approximate surface area is 141 Å². The predicted molar refractivity (Wildman–Crippen MR) is 97.6 cm³/mol. The standard InChI is InChI=1S/C19H21N3O2/c1-2-24-19(23)22-16-9-7-15(8-10-16)20-12-11-14-13-21-18-6-4-3-5-17(14)18/h3-10,13,20-21H,2,11-12H2,1H3,(H,22,23). The molecular weight excluding hydrogens is 302 g/mol. The molecule has 0 aliphatic heterocycles. The number of nitrogens with one attached hydrogen (secondary N) is 3. The van der Waals surface area contributed by atoms with Crippen LogP contribution in [0, 0.1) is 0 Å². The van der Waals surface area contributed by atoms with Crippen molar-refractivity contribution in [2.75, 3.05) is 23.8 Å². The van der Waals surface area contributed by atoms with Crippen LogP contribution in [0.4, 0.5) is 16.2 Å². The van der Waals surface area contributed by atoms with Gasteiger partial charge in [-0.05, 0) is 49.2 Å². The average molecular weight is 323 g/mol. The number of ether oxygens (including phenoxy) is 1. The lowest BCUT2D eigenvalue weighted by Gasteiger charge is -2.08. The third-order valence-corrected chi connectivity index (χ3v) is 3.81. The molecule has 0 fully saturated rings. The fourth-order valence-corrected chi connectivity index (χ4v) is 2.64. The first kappa shape index (κ1) is 15.9. The third-order valence-electron chi connectivity index (χ3n) is 3.81. The zero-order valence-electron chi connectivity index (χ0n) is 13.6. The van der Waals surface area contributed by atoms with Gasteiger partial charge in [-0.15, -0.1) is 0 Å². The largest absolute Gasteiger partial charge is 0.450 e. The van der Waals surface area contributed by atoms with Crippen LogP contribution < -0.4 is 10.6 Å². The van der Waals surface area contributed by atoms with Crippen LogP contribution in [0.3, 0.4) is 0 Å². The fourth-order valence-electron chi connectivity index (χ4n) is 2.64. The maximum absolute atomic E-state index is 11.4. The summed E-state index contributed by atoms with van der Waals surface area (Å²) in [7, 11) is 0. The Bertz CT molecular complexity index is 809. The SMILES string of the molecule is CCOC(=O)Nc1ccc(NCCc2c[nH]c3ccccc23)cc1. The first-order chi connectivity index (χ1) is 11.8. The number of anilines is 2. The van der Waals surface area contributed by atoms with Gasteiger partial charge in [-0.1, -0.05) is 18.2 Å². The molecule has 3 rings (SSSR count). The van der Waals surface area contributed by atoms with E-state index in [1.54, 1.807) is 6.92 Å². The maximum Gasteiger partial charge on any atom is 0.411 e. The van der Waals surface area contributed by atoms with Crippen LogP contribution in [0.2, 0.25) is 0 Å². The van der Waals surface area contributed by atoms with Crippen molar-refractivity contribution in [2.24, 2.45) is 0 Å². The van der Waals surface area contributed by atoms with Gasteiger partial charge in [0, 0.05) is 35.0 Å². The zero-order valence-corrected chi connectivity index (χ0v) is 13.6. The van der Waals surface area contributed by atoms with Crippen molar-refractivity contribution < 1.29 is 9.53 Å². The van der Waals surface area contributed by atoms with Crippen LogP contribution in [0.25, 0.3) is 10.9 Å². The lowest BCUT2D eigenvalue weighted by atomic mass is 10.1. The average Bonchev–Trinajstić information content (AvgIpc) is 3.00. The molecule has 0 radical (unpaired) electrons. The predicted octanol–water partition coefficient (Wildman–Crippen LogP) is 4.39. The van der Waals surface area contributed by atoms with Gasteiger partial charge in [0.2, 0.25) is 0 Å². The number of hydrogen-bond donors (Lipinski definition) is 3. The molecule has 5 heteroatoms. The van der Waals surface area contributed by atoms with Gasteiger partial charge < -0.3 is 15.0 Å². The number of amides is 1. The molecule has 3 N–H and O–H groups in total. The summed E-state index contributed by atoms with van der Waals surface area (Å²) in [5.74, 6) is 0. The van der Waals surface area contributed by atoms with E-state index in [9.17, 15) is 4.79 Å². The van der Waals surface area contributed by atoms with Crippen molar-refractivity contribution in [3.8, 4) is 0 Å². The molecule has 3 aromatic rings. The van der Waals surface area contributed by atoms with Crippen LogP contribution in [-0.2, 0) is 11.2 Å². The summed E-state index contributed by atoms with van der Waals surface area (Å²) in [4.78, 5) is 14.6. The van der Waals surface area contributed by atoms with Crippen molar-refractivity contribution in [3.63, 3.8) is 0 Å². The van der Waals surface area contributed by atoms with E-state index in [0.29, 0.717) is 6.61 Å². The number of aromatic amines is 1. The van der Waals surface area contributed by atoms with Gasteiger partial charge in [0.05, 0.1) is 6.61 Å². The summed E-state index contributed by atoms with van der Waals surface area (Å²) in [6, 6.07) is 15.9. The molecular formula is C19H21N3O2. The number of rotatable bonds is 6. The van der Waals surface area contributed by atoms with Crippen molar-refractivity contribution in [2.45, 2.75) is 13.3 Å². The molecule has 24 heavy (non-hydrogen) atoms. The summed E-state index contributed by atoms with van der Waals surface area (Å²) >= 11 is 0. The quantitative estimate of drug-likeness (QED) is 0.630. The Balaban J connectivity index is 1.52. The molecule has 1 aromatic heterocycles. The van der Waals surface area contributed by atoms with Crippen LogP contribution in [0.1, 0.15) is 12.5 Å². The number of aromatic nitrogens is 1. The van der Waals surface area contributed by atoms with Gasteiger partial charge >= 0.3 is 6.09 Å². The highest BCUT2D eigenvalue weighted by atomic mass is 16.5. The van der Waals surface area contributed by atoms with Crippen LogP contribution in [-0.4, -0.2) is 24.2 Å². The van der Waals surface area contributed by atoms with Crippen LogP contribution >= 0.6 is 0 Å². The number of para-hydroxylation sites is 1. The van der Waals surface area contributed by atoms with Crippen molar-refractivity contribution in [1.29, 1.82) is 0 Å². The Morgan fingerprint density at radius 3 is 2.62 bits per heavy atom. The summed E-state index contributed by atoms with van der Waals surface area (Å²) in [6.45, 7) is 2.98. The van der Waals surface area contributed by atoms with E-state index in [-0.39, 0.29) is 0 Å². The smallest absolute Gasteiger partial charge is 0.411 e. The van der Waals surface area contributed by atoms with Gasteiger partial charge in [-0.2, -0.15) is 0 Å². The minimum atomic E-state index is -0.433. The molecule has 0 atom stereocenters. The lowest BCUT2D eigenvalue weighted by molar-refractivity contribution is 0.168. The molecule has 1 amide bonds. The molecule has 5 nitrogen and oxygen atoms in total. The Hall–Kier alpha value is -2.95. The van der Waals surface area contributed by atoms with E-state index in [1.807, 2.05) is 30.3 Å². The van der Waals surface area contributed by atoms with Crippen molar-refractivity contribution >= 4 is 28.4 Å². The van der Waals surface area contributed by atoms with Gasteiger partial charge in [-0.25, -0.2) is 4.79 Å². The fraction of sp³-hybridized carbons (Fsp3) is 0.211. The van der Waals surface area contributed by atoms with Gasteiger partial charge in [0.25, 0.3) is 0 Å². The summed E-state index contributed by atoms with van der Waals surface area (Å²) < 4.78 is 4.85. The first-order valence-corrected chi connectivity index (χ1v) is 8.09. The number of carbonyl (C=O) groups is 1. The minimum absolute atomic E-state index is 0.360. The summed E-state index contributed by atoms with van der Waals surface area (Å²) in [5.41, 5.74) is 4.21. The second-order valence-electron chi connectivity index (χ2n) is 5.46. The normalized spacial score (nSPS) is 10.5. The highest BCUT2D eigenvalue weighted by molar-refractivity contribution is 5.85. The van der Waals surface area contributed by atoms with E-state index >= 15 is 0 Å². The Kier molecular flexibility index (Phi) is 5.01. The molecule has 0 bridgehead atoms. The van der Waals surface area contributed by atoms with Gasteiger partial charge in [0.15, 0.2) is 0 Å². The topological polar surface area (TPSA) is 66.2 Å². The molecule has 0 aliphatic rings. The number of carbonyl (C=O) groups excluding carboxylic acids is 1. The van der Waals surface area contributed by atoms with Crippen LogP contribution in [0.5, 0.6) is 0 Å². The maximum atomic E-state index is 11.4. The molecule has 124 valence electrons. The number of hydrogen-bond acceptors (Lipinski definition) is 3. The molecule has 0 aliphatic carbocycles. The third kappa shape index (κ3) is 3.87. The number of benzene rings is 2. The van der Waals surface area contributed by atoms with Crippen molar-refractivity contribution in [1.82, 2.24) is 4.98 Å². The molecule has 0 saturated heterocycles. The first-order valence-electron chi connectivity index (χ1n) is 8.09. The molecule has 0 spiro atoms. The van der Waals surface area contributed by atoms with Gasteiger partial charge in [0.1, 0.15) is 0 Å². The second kappa shape index (κ2) is 7.55. The van der Waals surface area contributed by atoms with Gasteiger partial charge in [-0.3, -0.25) is 5.32 Å². The van der Waals surface area contributed by atoms with E-state index in [2.05, 4.69) is 40.0 Å². The molecule has 2 aromatic carbocycles. The van der Waals surface area contributed by atoms with E-state index < -0.39 is 6.09 Å². The molecule has 1 heterocycles. The Morgan fingerprint density at radius 1 is 1.08 bits per heavy atom. The van der Waals surface area contributed by atoms with Crippen LogP contribution in [0.15, 0.2) is 54.7 Å². The van der Waals surface area contributed by atoms with Crippen molar-refractivity contribution in [3.05, 3.63) is 60.3 Å². The summed E-state index contributed by atoms with van der Waals surface area (Å²) in [5, 5.41) is 7.34. The molecule has 0 saturated carbocycles. The zero-order chi connectivity index (χ0) is 16.8. The highest BCUT2D eigenvalue weighted by Crippen LogP contribution is 2.19. The number of fused-ring (bicyclic) bond motifs is 1. The lowest BCUT2D eigenvalue weighted by Crippen LogP contribution is -2.13. The van der Waals surface area contributed by atoms with E-state index in [1.165, 1.54) is 16.5 Å². The second-order valence-corrected chi connectivity index (χ2v) is 5.46.